The molecule has 0 spiro atoms. The molecule has 0 atom stereocenters. The minimum absolute atomic E-state index is 0.0329. The van der Waals surface area contributed by atoms with Crippen molar-refractivity contribution in [3.8, 4) is 0 Å². The fourth-order valence-corrected chi connectivity index (χ4v) is 2.71. The van der Waals surface area contributed by atoms with Gasteiger partial charge in [-0.05, 0) is 24.6 Å². The molecule has 2 N–H and O–H groups in total. The Labute approximate surface area is 152 Å². The Kier molecular flexibility index (Phi) is 7.15. The highest BCUT2D eigenvalue weighted by molar-refractivity contribution is 6.42. The zero-order valence-corrected chi connectivity index (χ0v) is 15.2. The number of rotatable bonds is 5. The van der Waals surface area contributed by atoms with Crippen LogP contribution in [0.5, 0.6) is 0 Å². The summed E-state index contributed by atoms with van der Waals surface area (Å²) in [5.74, 6) is 0.0329. The largest absolute Gasteiger partial charge is 0.355 e. The lowest BCUT2D eigenvalue weighted by atomic mass is 10.3. The normalized spacial score (nSPS) is 15.2. The van der Waals surface area contributed by atoms with Gasteiger partial charge in [0.1, 0.15) is 0 Å². The van der Waals surface area contributed by atoms with E-state index in [0.29, 0.717) is 55.0 Å². The lowest BCUT2D eigenvalue weighted by molar-refractivity contribution is -0.122. The van der Waals surface area contributed by atoms with Crippen LogP contribution in [0.4, 0.5) is 10.5 Å². The number of halogens is 2. The van der Waals surface area contributed by atoms with E-state index in [1.807, 2.05) is 11.8 Å². The van der Waals surface area contributed by atoms with E-state index in [4.69, 9.17) is 23.2 Å². The number of amides is 3. The van der Waals surface area contributed by atoms with Gasteiger partial charge < -0.3 is 15.5 Å². The van der Waals surface area contributed by atoms with E-state index in [2.05, 4.69) is 10.6 Å². The van der Waals surface area contributed by atoms with Gasteiger partial charge in [0.05, 0.1) is 16.6 Å². The minimum atomic E-state index is -0.177. The predicted octanol–water partition coefficient (Wildman–Crippen LogP) is 2.67. The van der Waals surface area contributed by atoms with Crippen molar-refractivity contribution in [1.29, 1.82) is 0 Å². The molecule has 2 rings (SSSR count). The second-order valence-electron chi connectivity index (χ2n) is 5.67. The third kappa shape index (κ3) is 5.54. The second-order valence-corrected chi connectivity index (χ2v) is 6.49. The number of hydrogen-bond donors (Lipinski definition) is 2. The summed E-state index contributed by atoms with van der Waals surface area (Å²) in [6, 6.07) is 4.80. The molecular weight excluding hydrogens is 351 g/mol. The van der Waals surface area contributed by atoms with E-state index in [1.54, 1.807) is 23.1 Å². The number of benzene rings is 1. The molecule has 1 aromatic carbocycles. The Bertz CT molecular complexity index is 589. The fraction of sp³-hybridized carbons (Fsp3) is 0.500. The average Bonchev–Trinajstić information content (AvgIpc) is 2.57. The van der Waals surface area contributed by atoms with Crippen molar-refractivity contribution in [2.75, 3.05) is 44.6 Å². The zero-order chi connectivity index (χ0) is 17.5. The van der Waals surface area contributed by atoms with Crippen molar-refractivity contribution in [3.05, 3.63) is 28.2 Å². The number of nitrogens with one attached hydrogen (secondary N) is 2. The summed E-state index contributed by atoms with van der Waals surface area (Å²) in [7, 11) is 0. The van der Waals surface area contributed by atoms with Crippen LogP contribution in [0, 0.1) is 0 Å². The SMILES string of the molecule is CCCNC(=O)CN1CCN(C(=O)Nc2ccc(Cl)c(Cl)c2)CC1. The summed E-state index contributed by atoms with van der Waals surface area (Å²) in [5.41, 5.74) is 0.607. The highest BCUT2D eigenvalue weighted by Crippen LogP contribution is 2.25. The summed E-state index contributed by atoms with van der Waals surface area (Å²) in [5, 5.41) is 6.52. The lowest BCUT2D eigenvalue weighted by Gasteiger charge is -2.34. The Hall–Kier alpha value is -1.50. The molecule has 0 radical (unpaired) electrons. The molecule has 1 aromatic rings. The molecule has 0 aliphatic carbocycles. The van der Waals surface area contributed by atoms with Crippen molar-refractivity contribution in [3.63, 3.8) is 0 Å². The standard InChI is InChI=1S/C16H22Cl2N4O2/c1-2-5-19-15(23)11-21-6-8-22(9-7-21)16(24)20-12-3-4-13(17)14(18)10-12/h3-4,10H,2,5-9,11H2,1H3,(H,19,23)(H,20,24). The summed E-state index contributed by atoms with van der Waals surface area (Å²) in [6.45, 7) is 5.60. The van der Waals surface area contributed by atoms with Crippen LogP contribution in [0.2, 0.25) is 10.0 Å². The molecule has 0 aromatic heterocycles. The molecule has 1 fully saturated rings. The summed E-state index contributed by atoms with van der Waals surface area (Å²) in [4.78, 5) is 27.8. The van der Waals surface area contributed by atoms with Gasteiger partial charge in [-0.15, -0.1) is 0 Å². The maximum absolute atomic E-state index is 12.3. The third-order valence-corrected chi connectivity index (χ3v) is 4.51. The fourth-order valence-electron chi connectivity index (χ4n) is 2.41. The quantitative estimate of drug-likeness (QED) is 0.834. The van der Waals surface area contributed by atoms with Gasteiger partial charge in [-0.25, -0.2) is 4.79 Å². The molecule has 1 aliphatic rings. The first kappa shape index (κ1) is 18.8. The molecule has 1 heterocycles. The van der Waals surface area contributed by atoms with Crippen LogP contribution in [-0.4, -0.2) is 61.0 Å². The first-order valence-corrected chi connectivity index (χ1v) is 8.75. The number of nitrogens with zero attached hydrogens (tertiary/aromatic N) is 2. The van der Waals surface area contributed by atoms with Crippen LogP contribution in [0.1, 0.15) is 13.3 Å². The van der Waals surface area contributed by atoms with Crippen LogP contribution in [0.3, 0.4) is 0 Å². The summed E-state index contributed by atoms with van der Waals surface area (Å²) >= 11 is 11.8. The Morgan fingerprint density at radius 1 is 1.12 bits per heavy atom. The van der Waals surface area contributed by atoms with Gasteiger partial charge in [-0.1, -0.05) is 30.1 Å². The predicted molar refractivity (Wildman–Crippen MR) is 96.8 cm³/mol. The van der Waals surface area contributed by atoms with Crippen molar-refractivity contribution in [1.82, 2.24) is 15.1 Å². The number of carbonyl (C=O) groups excluding carboxylic acids is 2. The number of carbonyl (C=O) groups is 2. The van der Waals surface area contributed by atoms with Gasteiger partial charge in [-0.3, -0.25) is 9.69 Å². The molecule has 8 heteroatoms. The van der Waals surface area contributed by atoms with Gasteiger partial charge >= 0.3 is 6.03 Å². The van der Waals surface area contributed by atoms with Gasteiger partial charge in [0.2, 0.25) is 5.91 Å². The molecule has 1 aliphatic heterocycles. The second kappa shape index (κ2) is 9.11. The maximum atomic E-state index is 12.3. The molecule has 0 unspecified atom stereocenters. The highest BCUT2D eigenvalue weighted by Gasteiger charge is 2.22. The van der Waals surface area contributed by atoms with Gasteiger partial charge in [0, 0.05) is 38.4 Å². The number of hydrogen-bond acceptors (Lipinski definition) is 3. The van der Waals surface area contributed by atoms with Crippen molar-refractivity contribution in [2.24, 2.45) is 0 Å². The van der Waals surface area contributed by atoms with Gasteiger partial charge in [-0.2, -0.15) is 0 Å². The third-order valence-electron chi connectivity index (χ3n) is 3.77. The monoisotopic (exact) mass is 372 g/mol. The average molecular weight is 373 g/mol. The van der Waals surface area contributed by atoms with E-state index < -0.39 is 0 Å². The number of anilines is 1. The molecule has 0 saturated carbocycles. The molecule has 132 valence electrons. The molecule has 1 saturated heterocycles. The Balaban J connectivity index is 1.78. The highest BCUT2D eigenvalue weighted by atomic mass is 35.5. The van der Waals surface area contributed by atoms with E-state index in [0.717, 1.165) is 6.42 Å². The first-order chi connectivity index (χ1) is 11.5. The number of piperazine rings is 1. The van der Waals surface area contributed by atoms with Crippen LogP contribution in [0.25, 0.3) is 0 Å². The summed E-state index contributed by atoms with van der Waals surface area (Å²) in [6.07, 6.45) is 0.925. The molecule has 6 nitrogen and oxygen atoms in total. The van der Waals surface area contributed by atoms with Crippen LogP contribution >= 0.6 is 23.2 Å². The van der Waals surface area contributed by atoms with E-state index >= 15 is 0 Å². The van der Waals surface area contributed by atoms with Crippen LogP contribution in [0.15, 0.2) is 18.2 Å². The smallest absolute Gasteiger partial charge is 0.321 e. The topological polar surface area (TPSA) is 64.7 Å². The van der Waals surface area contributed by atoms with E-state index in [9.17, 15) is 9.59 Å². The van der Waals surface area contributed by atoms with Gasteiger partial charge in [0.15, 0.2) is 0 Å². The zero-order valence-electron chi connectivity index (χ0n) is 13.6. The van der Waals surface area contributed by atoms with Gasteiger partial charge in [0.25, 0.3) is 0 Å². The van der Waals surface area contributed by atoms with Crippen LogP contribution < -0.4 is 10.6 Å². The molecular formula is C16H22Cl2N4O2. The minimum Gasteiger partial charge on any atom is -0.355 e. The number of urea groups is 1. The summed E-state index contributed by atoms with van der Waals surface area (Å²) < 4.78 is 0. The molecule has 3 amide bonds. The van der Waals surface area contributed by atoms with Crippen molar-refractivity contribution < 1.29 is 9.59 Å². The van der Waals surface area contributed by atoms with Crippen molar-refractivity contribution >= 4 is 40.8 Å². The Morgan fingerprint density at radius 2 is 1.83 bits per heavy atom. The lowest BCUT2D eigenvalue weighted by Crippen LogP contribution is -2.52. The van der Waals surface area contributed by atoms with E-state index in [1.165, 1.54) is 0 Å². The van der Waals surface area contributed by atoms with Crippen molar-refractivity contribution in [2.45, 2.75) is 13.3 Å². The van der Waals surface area contributed by atoms with E-state index in [-0.39, 0.29) is 11.9 Å². The van der Waals surface area contributed by atoms with Crippen LogP contribution in [-0.2, 0) is 4.79 Å². The first-order valence-electron chi connectivity index (χ1n) is 7.99. The maximum Gasteiger partial charge on any atom is 0.321 e. The molecule has 0 bridgehead atoms. The Morgan fingerprint density at radius 3 is 2.46 bits per heavy atom. The molecule has 24 heavy (non-hydrogen) atoms.